The Morgan fingerprint density at radius 1 is 1.11 bits per heavy atom. The summed E-state index contributed by atoms with van der Waals surface area (Å²) in [5.74, 6) is -1.57. The first-order valence-corrected chi connectivity index (χ1v) is 10.1. The highest BCUT2D eigenvalue weighted by atomic mass is 35.5. The number of carbonyl (C=O) groups is 3. The van der Waals surface area contributed by atoms with Crippen molar-refractivity contribution < 1.29 is 19.1 Å². The molecular formula is C20H20ClNO4S. The van der Waals surface area contributed by atoms with Gasteiger partial charge in [0, 0.05) is 5.02 Å². The number of hydrogen-bond acceptors (Lipinski definition) is 5. The molecule has 1 aromatic carbocycles. The van der Waals surface area contributed by atoms with Gasteiger partial charge in [0.15, 0.2) is 6.61 Å². The summed E-state index contributed by atoms with van der Waals surface area (Å²) in [6.07, 6.45) is 4.19. The number of esters is 1. The van der Waals surface area contributed by atoms with Gasteiger partial charge in [0.2, 0.25) is 0 Å². The van der Waals surface area contributed by atoms with Gasteiger partial charge in [0.1, 0.15) is 0 Å². The first-order chi connectivity index (χ1) is 13.0. The van der Waals surface area contributed by atoms with E-state index in [0.29, 0.717) is 22.7 Å². The fourth-order valence-corrected chi connectivity index (χ4v) is 4.26. The predicted octanol–water partition coefficient (Wildman–Crippen LogP) is 4.10. The zero-order chi connectivity index (χ0) is 19.3. The van der Waals surface area contributed by atoms with Crippen LogP contribution in [0.2, 0.25) is 5.02 Å². The monoisotopic (exact) mass is 405 g/mol. The summed E-state index contributed by atoms with van der Waals surface area (Å²) in [6, 6.07) is 10.6. The average Bonchev–Trinajstić information content (AvgIpc) is 3.21. The number of ether oxygens (including phenoxy) is 1. The second-order valence-corrected chi connectivity index (χ2v) is 7.97. The minimum absolute atomic E-state index is 0.428. The molecule has 2 aromatic rings. The van der Waals surface area contributed by atoms with Gasteiger partial charge in [-0.25, -0.2) is 0 Å². The molecular weight excluding hydrogens is 386 g/mol. The summed E-state index contributed by atoms with van der Waals surface area (Å²) in [5, 5.41) is 4.54. The van der Waals surface area contributed by atoms with Gasteiger partial charge >= 0.3 is 5.97 Å². The third-order valence-corrected chi connectivity index (χ3v) is 5.91. The number of nitrogens with one attached hydrogen (secondary N) is 1. The number of imide groups is 1. The van der Waals surface area contributed by atoms with Crippen molar-refractivity contribution in [2.45, 2.75) is 37.5 Å². The van der Waals surface area contributed by atoms with Crippen LogP contribution in [-0.4, -0.2) is 24.4 Å². The Labute approximate surface area is 166 Å². The minimum atomic E-state index is -0.790. The number of rotatable bonds is 5. The Hall–Kier alpha value is -2.18. The highest BCUT2D eigenvalue weighted by molar-refractivity contribution is 7.12. The SMILES string of the molecule is O=C(COC(=O)C1(c2cccc(Cl)c2)CCCCC1)NC(=O)c1cccs1. The maximum Gasteiger partial charge on any atom is 0.317 e. The molecule has 0 bridgehead atoms. The molecule has 1 fully saturated rings. The molecule has 5 nitrogen and oxygen atoms in total. The van der Waals surface area contributed by atoms with Crippen LogP contribution in [0.4, 0.5) is 0 Å². The third-order valence-electron chi connectivity index (χ3n) is 4.81. The molecule has 1 aliphatic rings. The molecule has 1 heterocycles. The zero-order valence-corrected chi connectivity index (χ0v) is 16.3. The van der Waals surface area contributed by atoms with Crippen molar-refractivity contribution in [1.82, 2.24) is 5.32 Å². The molecule has 1 aliphatic carbocycles. The number of benzene rings is 1. The van der Waals surface area contributed by atoms with Crippen molar-refractivity contribution in [3.63, 3.8) is 0 Å². The molecule has 0 unspecified atom stereocenters. The summed E-state index contributed by atoms with van der Waals surface area (Å²) in [5.41, 5.74) is 0.0241. The second kappa shape index (κ2) is 8.67. The van der Waals surface area contributed by atoms with Crippen LogP contribution in [0.15, 0.2) is 41.8 Å². The number of hydrogen-bond donors (Lipinski definition) is 1. The Kier molecular flexibility index (Phi) is 6.29. The third kappa shape index (κ3) is 4.57. The normalized spacial score (nSPS) is 15.7. The number of carbonyl (C=O) groups excluding carboxylic acids is 3. The lowest BCUT2D eigenvalue weighted by atomic mass is 9.69. The summed E-state index contributed by atoms with van der Waals surface area (Å²) in [4.78, 5) is 37.3. The molecule has 1 aromatic heterocycles. The molecule has 0 aliphatic heterocycles. The van der Waals surface area contributed by atoms with Crippen LogP contribution < -0.4 is 5.32 Å². The van der Waals surface area contributed by atoms with Crippen LogP contribution in [0.3, 0.4) is 0 Å². The van der Waals surface area contributed by atoms with E-state index in [2.05, 4.69) is 5.32 Å². The Bertz CT molecular complexity index is 828. The lowest BCUT2D eigenvalue weighted by Gasteiger charge is -2.35. The first kappa shape index (κ1) is 19.6. The summed E-state index contributed by atoms with van der Waals surface area (Å²) < 4.78 is 5.32. The van der Waals surface area contributed by atoms with Crippen LogP contribution in [0.1, 0.15) is 47.3 Å². The summed E-state index contributed by atoms with van der Waals surface area (Å²) in [7, 11) is 0. The molecule has 27 heavy (non-hydrogen) atoms. The van der Waals surface area contributed by atoms with Crippen molar-refractivity contribution in [2.24, 2.45) is 0 Å². The van der Waals surface area contributed by atoms with E-state index in [9.17, 15) is 14.4 Å². The molecule has 0 spiro atoms. The number of halogens is 1. The summed E-state index contributed by atoms with van der Waals surface area (Å²) >= 11 is 7.35. The first-order valence-electron chi connectivity index (χ1n) is 8.82. The van der Waals surface area contributed by atoms with Gasteiger partial charge in [-0.15, -0.1) is 11.3 Å². The highest BCUT2D eigenvalue weighted by Gasteiger charge is 2.43. The lowest BCUT2D eigenvalue weighted by Crippen LogP contribution is -2.42. The molecule has 7 heteroatoms. The van der Waals surface area contributed by atoms with Crippen LogP contribution in [0, 0.1) is 0 Å². The molecule has 0 atom stereocenters. The molecule has 3 rings (SSSR count). The predicted molar refractivity (Wildman–Crippen MR) is 104 cm³/mol. The van der Waals surface area contributed by atoms with Gasteiger partial charge in [-0.1, -0.05) is 49.1 Å². The largest absolute Gasteiger partial charge is 0.455 e. The molecule has 1 N–H and O–H groups in total. The fraction of sp³-hybridized carbons (Fsp3) is 0.350. The van der Waals surface area contributed by atoms with Crippen LogP contribution in [-0.2, 0) is 19.7 Å². The lowest BCUT2D eigenvalue weighted by molar-refractivity contribution is -0.155. The van der Waals surface area contributed by atoms with Crippen molar-refractivity contribution in [3.8, 4) is 0 Å². The van der Waals surface area contributed by atoms with Crippen molar-refractivity contribution in [1.29, 1.82) is 0 Å². The van der Waals surface area contributed by atoms with E-state index < -0.39 is 29.8 Å². The standard InChI is InChI=1S/C20H20ClNO4S/c21-15-7-4-6-14(12-15)20(9-2-1-3-10-20)19(25)26-13-17(23)22-18(24)16-8-5-11-27-16/h4-8,11-12H,1-3,9-10,13H2,(H,22,23,24). The average molecular weight is 406 g/mol. The second-order valence-electron chi connectivity index (χ2n) is 6.58. The highest BCUT2D eigenvalue weighted by Crippen LogP contribution is 2.41. The van der Waals surface area contributed by atoms with E-state index in [0.717, 1.165) is 24.8 Å². The smallest absolute Gasteiger partial charge is 0.317 e. The number of thiophene rings is 1. The molecule has 2 amide bonds. The topological polar surface area (TPSA) is 72.5 Å². The van der Waals surface area contributed by atoms with Crippen molar-refractivity contribution >= 4 is 40.7 Å². The fourth-order valence-electron chi connectivity index (χ4n) is 3.45. The van der Waals surface area contributed by atoms with E-state index in [-0.39, 0.29) is 0 Å². The maximum atomic E-state index is 12.9. The molecule has 1 saturated carbocycles. The minimum Gasteiger partial charge on any atom is -0.455 e. The quantitative estimate of drug-likeness (QED) is 0.760. The van der Waals surface area contributed by atoms with Gasteiger partial charge in [0.25, 0.3) is 11.8 Å². The zero-order valence-electron chi connectivity index (χ0n) is 14.7. The van der Waals surface area contributed by atoms with Gasteiger partial charge in [-0.3, -0.25) is 19.7 Å². The number of amides is 2. The van der Waals surface area contributed by atoms with Gasteiger partial charge in [-0.2, -0.15) is 0 Å². The summed E-state index contributed by atoms with van der Waals surface area (Å²) in [6.45, 7) is -0.488. The van der Waals surface area contributed by atoms with Crippen molar-refractivity contribution in [3.05, 3.63) is 57.2 Å². The molecule has 0 saturated heterocycles. The van der Waals surface area contributed by atoms with Crippen LogP contribution in [0.5, 0.6) is 0 Å². The maximum absolute atomic E-state index is 12.9. The van der Waals surface area contributed by atoms with Crippen LogP contribution >= 0.6 is 22.9 Å². The van der Waals surface area contributed by atoms with E-state index in [1.165, 1.54) is 11.3 Å². The van der Waals surface area contributed by atoms with E-state index >= 15 is 0 Å². The van der Waals surface area contributed by atoms with E-state index in [1.807, 2.05) is 12.1 Å². The van der Waals surface area contributed by atoms with E-state index in [1.54, 1.807) is 29.6 Å². The van der Waals surface area contributed by atoms with Crippen molar-refractivity contribution in [2.75, 3.05) is 6.61 Å². The van der Waals surface area contributed by atoms with E-state index in [4.69, 9.17) is 16.3 Å². The molecule has 142 valence electrons. The van der Waals surface area contributed by atoms with Gasteiger partial charge < -0.3 is 4.74 Å². The molecule has 0 radical (unpaired) electrons. The van der Waals surface area contributed by atoms with Gasteiger partial charge in [0.05, 0.1) is 10.3 Å². The Morgan fingerprint density at radius 2 is 1.89 bits per heavy atom. The Morgan fingerprint density at radius 3 is 2.56 bits per heavy atom. The van der Waals surface area contributed by atoms with Crippen LogP contribution in [0.25, 0.3) is 0 Å². The van der Waals surface area contributed by atoms with Gasteiger partial charge in [-0.05, 0) is 42.0 Å². The Balaban J connectivity index is 1.66.